The fraction of sp³-hybridized carbons (Fsp3) is 0.720. The van der Waals surface area contributed by atoms with E-state index in [2.05, 4.69) is 31.1 Å². The minimum Gasteiger partial charge on any atom is -0.444 e. The second-order valence-electron chi connectivity index (χ2n) is 11.6. The van der Waals surface area contributed by atoms with Crippen molar-refractivity contribution >= 4 is 33.7 Å². The molecule has 2 amide bonds. The molecule has 5 rings (SSSR count). The van der Waals surface area contributed by atoms with Crippen LogP contribution in [0.15, 0.2) is 16.7 Å². The molecule has 180 valence electrons. The molecule has 3 heterocycles. The molecule has 8 heteroatoms. The number of nitrogens with zero attached hydrogens (tertiary/aromatic N) is 3. The first-order chi connectivity index (χ1) is 15.5. The number of amides is 2. The summed E-state index contributed by atoms with van der Waals surface area (Å²) in [5.74, 6) is 2.03. The molecule has 0 aromatic carbocycles. The molecule has 4 fully saturated rings. The van der Waals surface area contributed by atoms with Crippen molar-refractivity contribution in [1.82, 2.24) is 14.8 Å². The van der Waals surface area contributed by atoms with Crippen molar-refractivity contribution in [2.45, 2.75) is 77.5 Å². The summed E-state index contributed by atoms with van der Waals surface area (Å²) < 4.78 is 6.40. The number of aryl methyl sites for hydroxylation is 1. The number of nitrogens with one attached hydrogen (secondary N) is 1. The van der Waals surface area contributed by atoms with Crippen LogP contribution in [0.25, 0.3) is 0 Å². The van der Waals surface area contributed by atoms with Gasteiger partial charge in [-0.2, -0.15) is 0 Å². The maximum atomic E-state index is 13.4. The lowest BCUT2D eigenvalue weighted by Gasteiger charge is -2.29. The van der Waals surface area contributed by atoms with Crippen molar-refractivity contribution in [3.05, 3.63) is 22.3 Å². The number of rotatable bonds is 4. The zero-order chi connectivity index (χ0) is 23.5. The van der Waals surface area contributed by atoms with Gasteiger partial charge in [0.2, 0.25) is 5.91 Å². The van der Waals surface area contributed by atoms with Crippen LogP contribution in [0.1, 0.15) is 58.4 Å². The summed E-state index contributed by atoms with van der Waals surface area (Å²) in [5.41, 5.74) is 0.279. The minimum atomic E-state index is -0.604. The molecule has 2 saturated heterocycles. The summed E-state index contributed by atoms with van der Waals surface area (Å²) in [6.45, 7) is 10.8. The molecule has 2 aliphatic carbocycles. The van der Waals surface area contributed by atoms with Gasteiger partial charge in [0.25, 0.3) is 0 Å². The second kappa shape index (κ2) is 8.22. The van der Waals surface area contributed by atoms with Crippen molar-refractivity contribution in [3.63, 3.8) is 0 Å². The highest BCUT2D eigenvalue weighted by Gasteiger charge is 2.68. The van der Waals surface area contributed by atoms with Gasteiger partial charge in [-0.3, -0.25) is 9.69 Å². The van der Waals surface area contributed by atoms with Crippen molar-refractivity contribution in [3.8, 4) is 0 Å². The summed E-state index contributed by atoms with van der Waals surface area (Å²) >= 11 is 3.38. The number of hydrogen-bond donors (Lipinski definition) is 1. The van der Waals surface area contributed by atoms with Crippen LogP contribution in [0, 0.1) is 24.2 Å². The number of ether oxygens (including phenoxy) is 1. The van der Waals surface area contributed by atoms with E-state index < -0.39 is 11.6 Å². The van der Waals surface area contributed by atoms with Crippen LogP contribution in [0.5, 0.6) is 0 Å². The number of carbonyl (C=O) groups excluding carboxylic acids is 2. The topological polar surface area (TPSA) is 74.8 Å². The molecule has 2 aliphatic heterocycles. The molecule has 1 N–H and O–H groups in total. The van der Waals surface area contributed by atoms with E-state index in [0.29, 0.717) is 16.8 Å². The van der Waals surface area contributed by atoms with E-state index in [1.807, 2.05) is 39.8 Å². The molecule has 2 saturated carbocycles. The number of halogens is 1. The molecule has 0 spiro atoms. The molecule has 5 unspecified atom stereocenters. The Morgan fingerprint density at radius 1 is 1.21 bits per heavy atom. The van der Waals surface area contributed by atoms with Gasteiger partial charge in [0.1, 0.15) is 22.1 Å². The number of fused-ring (bicyclic) bond motifs is 2. The van der Waals surface area contributed by atoms with E-state index in [0.717, 1.165) is 30.4 Å². The Bertz CT molecular complexity index is 951. The maximum Gasteiger partial charge on any atom is 0.411 e. The smallest absolute Gasteiger partial charge is 0.411 e. The molecule has 1 aromatic rings. The SMILES string of the molecule is Cc1ccc(Br)nc1NC(=O)C1CC2(CN3CC4CCCC4C3)CC2N1C(=O)OC(C)(C)C. The third kappa shape index (κ3) is 4.53. The maximum absolute atomic E-state index is 13.4. The first-order valence-electron chi connectivity index (χ1n) is 12.2. The monoisotopic (exact) mass is 518 g/mol. The number of likely N-dealkylation sites (tertiary alicyclic amines) is 2. The summed E-state index contributed by atoms with van der Waals surface area (Å²) in [7, 11) is 0. The Kier molecular flexibility index (Phi) is 5.75. The van der Waals surface area contributed by atoms with E-state index in [1.54, 1.807) is 4.90 Å². The fourth-order valence-electron chi connectivity index (χ4n) is 6.40. The van der Waals surface area contributed by atoms with Gasteiger partial charge in [-0.15, -0.1) is 0 Å². The zero-order valence-electron chi connectivity index (χ0n) is 20.1. The van der Waals surface area contributed by atoms with Crippen molar-refractivity contribution in [2.24, 2.45) is 17.3 Å². The molecule has 33 heavy (non-hydrogen) atoms. The minimum absolute atomic E-state index is 0.00269. The number of piperidine rings is 1. The lowest BCUT2D eigenvalue weighted by Crippen LogP contribution is -2.47. The van der Waals surface area contributed by atoms with Gasteiger partial charge in [-0.25, -0.2) is 9.78 Å². The highest BCUT2D eigenvalue weighted by atomic mass is 79.9. The van der Waals surface area contributed by atoms with Crippen LogP contribution in [0.2, 0.25) is 0 Å². The molecule has 4 aliphatic rings. The Balaban J connectivity index is 1.34. The van der Waals surface area contributed by atoms with E-state index >= 15 is 0 Å². The zero-order valence-corrected chi connectivity index (χ0v) is 21.7. The normalized spacial score (nSPS) is 33.1. The predicted octanol–water partition coefficient (Wildman–Crippen LogP) is 4.59. The number of pyridine rings is 1. The standard InChI is InChI=1S/C25H35BrN4O3/c1-15-8-9-20(26)27-21(15)28-22(31)18-10-25(14-29-12-16-6-5-7-17(16)13-29)11-19(25)30(18)23(32)33-24(2,3)4/h8-9,16-19H,5-7,10-14H2,1-4H3,(H,27,28,31). The Morgan fingerprint density at radius 3 is 2.58 bits per heavy atom. The van der Waals surface area contributed by atoms with E-state index in [9.17, 15) is 9.59 Å². The van der Waals surface area contributed by atoms with Gasteiger partial charge in [-0.05, 0) is 92.8 Å². The Hall–Kier alpha value is -1.67. The molecule has 0 bridgehead atoms. The summed E-state index contributed by atoms with van der Waals surface area (Å²) in [5, 5.41) is 2.98. The van der Waals surface area contributed by atoms with Gasteiger partial charge in [0.05, 0.1) is 0 Å². The number of anilines is 1. The fourth-order valence-corrected chi connectivity index (χ4v) is 6.71. The van der Waals surface area contributed by atoms with Gasteiger partial charge in [-0.1, -0.05) is 12.5 Å². The van der Waals surface area contributed by atoms with Crippen LogP contribution in [-0.4, -0.2) is 64.1 Å². The predicted molar refractivity (Wildman–Crippen MR) is 130 cm³/mol. The van der Waals surface area contributed by atoms with Gasteiger partial charge in [0.15, 0.2) is 0 Å². The average molecular weight is 519 g/mol. The Labute approximate surface area is 204 Å². The molecule has 1 aromatic heterocycles. The van der Waals surface area contributed by atoms with Crippen LogP contribution in [0.3, 0.4) is 0 Å². The number of hydrogen-bond acceptors (Lipinski definition) is 5. The van der Waals surface area contributed by atoms with E-state index in [1.165, 1.54) is 32.4 Å². The molecule has 0 radical (unpaired) electrons. The molecule has 7 nitrogen and oxygen atoms in total. The quantitative estimate of drug-likeness (QED) is 0.589. The van der Waals surface area contributed by atoms with Crippen molar-refractivity contribution < 1.29 is 14.3 Å². The highest BCUT2D eigenvalue weighted by molar-refractivity contribution is 9.10. The summed E-state index contributed by atoms with van der Waals surface area (Å²) in [6.07, 6.45) is 5.33. The summed E-state index contributed by atoms with van der Waals surface area (Å²) in [6, 6.07) is 3.29. The second-order valence-corrected chi connectivity index (χ2v) is 12.4. The van der Waals surface area contributed by atoms with Gasteiger partial charge < -0.3 is 15.0 Å². The molecular formula is C25H35BrN4O3. The van der Waals surface area contributed by atoms with Crippen molar-refractivity contribution in [2.75, 3.05) is 25.0 Å². The van der Waals surface area contributed by atoms with Crippen LogP contribution in [0.4, 0.5) is 10.6 Å². The number of carbonyl (C=O) groups is 2. The lowest BCUT2D eigenvalue weighted by atomic mass is 9.98. The lowest BCUT2D eigenvalue weighted by molar-refractivity contribution is -0.121. The molecular weight excluding hydrogens is 484 g/mol. The van der Waals surface area contributed by atoms with Crippen LogP contribution >= 0.6 is 15.9 Å². The van der Waals surface area contributed by atoms with Crippen molar-refractivity contribution in [1.29, 1.82) is 0 Å². The average Bonchev–Trinajstić information content (AvgIpc) is 3.02. The first-order valence-corrected chi connectivity index (χ1v) is 13.0. The van der Waals surface area contributed by atoms with Crippen LogP contribution in [-0.2, 0) is 9.53 Å². The van der Waals surface area contributed by atoms with Crippen LogP contribution < -0.4 is 5.32 Å². The summed E-state index contributed by atoms with van der Waals surface area (Å²) in [4.78, 5) is 35.4. The van der Waals surface area contributed by atoms with E-state index in [-0.39, 0.29) is 23.5 Å². The first kappa shape index (κ1) is 23.1. The number of aromatic nitrogens is 1. The highest BCUT2D eigenvalue weighted by Crippen LogP contribution is 2.60. The molecule has 5 atom stereocenters. The third-order valence-electron chi connectivity index (χ3n) is 7.97. The van der Waals surface area contributed by atoms with E-state index in [4.69, 9.17) is 4.74 Å². The van der Waals surface area contributed by atoms with Gasteiger partial charge in [0, 0.05) is 31.1 Å². The third-order valence-corrected chi connectivity index (χ3v) is 8.41. The Morgan fingerprint density at radius 2 is 1.91 bits per heavy atom. The van der Waals surface area contributed by atoms with Gasteiger partial charge >= 0.3 is 6.09 Å². The largest absolute Gasteiger partial charge is 0.444 e.